The number of aromatic carboxylic acids is 1. The van der Waals surface area contributed by atoms with Crippen molar-refractivity contribution in [2.45, 2.75) is 6.42 Å². The lowest BCUT2D eigenvalue weighted by molar-refractivity contribution is 0.0690. The predicted octanol–water partition coefficient (Wildman–Crippen LogP) is 3.77. The molecule has 3 N–H and O–H groups in total. The van der Waals surface area contributed by atoms with Gasteiger partial charge in [0.05, 0.1) is 12.7 Å². The van der Waals surface area contributed by atoms with E-state index in [1.165, 1.54) is 19.4 Å². The molecule has 3 aromatic rings. The average Bonchev–Trinajstić information content (AvgIpc) is 2.63. The largest absolute Gasteiger partial charge is 0.496 e. The van der Waals surface area contributed by atoms with Crippen LogP contribution >= 0.6 is 0 Å². The van der Waals surface area contributed by atoms with Crippen LogP contribution < -0.4 is 10.5 Å². The normalized spacial score (nSPS) is 10.5. The van der Waals surface area contributed by atoms with Crippen molar-refractivity contribution in [1.82, 2.24) is 4.98 Å². The molecule has 1 aromatic heterocycles. The first-order chi connectivity index (χ1) is 12.5. The summed E-state index contributed by atoms with van der Waals surface area (Å²) < 4.78 is 20.5. The van der Waals surface area contributed by atoms with Crippen molar-refractivity contribution in [3.63, 3.8) is 0 Å². The molecule has 132 valence electrons. The maximum atomic E-state index is 15.2. The molecule has 0 atom stereocenters. The van der Waals surface area contributed by atoms with Crippen LogP contribution in [0.15, 0.2) is 54.7 Å². The Balaban J connectivity index is 2.01. The predicted molar refractivity (Wildman–Crippen MR) is 96.8 cm³/mol. The van der Waals surface area contributed by atoms with E-state index in [1.54, 1.807) is 42.5 Å². The molecule has 0 aliphatic carbocycles. The van der Waals surface area contributed by atoms with Gasteiger partial charge in [0.25, 0.3) is 0 Å². The number of nitrogen functional groups attached to an aromatic ring is 1. The van der Waals surface area contributed by atoms with Crippen molar-refractivity contribution in [1.29, 1.82) is 0 Å². The standard InChI is InChI=1S/C20H17FN2O3/c1-26-17-8-6-14(9-12-5-7-16(20(24)25)23-11-12)19(21)18(17)13-3-2-4-15(22)10-13/h2-8,10-11H,9,22H2,1H3,(H,24,25). The van der Waals surface area contributed by atoms with Gasteiger partial charge in [0.2, 0.25) is 0 Å². The summed E-state index contributed by atoms with van der Waals surface area (Å²) in [7, 11) is 1.48. The molecule has 0 aliphatic rings. The second-order valence-corrected chi connectivity index (χ2v) is 5.78. The fraction of sp³-hybridized carbons (Fsp3) is 0.100. The van der Waals surface area contributed by atoms with Gasteiger partial charge < -0.3 is 15.6 Å². The van der Waals surface area contributed by atoms with Crippen LogP contribution in [0, 0.1) is 5.82 Å². The number of benzene rings is 2. The van der Waals surface area contributed by atoms with E-state index in [9.17, 15) is 4.79 Å². The number of anilines is 1. The molecule has 0 radical (unpaired) electrons. The number of rotatable bonds is 5. The molecule has 0 spiro atoms. The third-order valence-corrected chi connectivity index (χ3v) is 4.02. The molecule has 0 aliphatic heterocycles. The first-order valence-corrected chi connectivity index (χ1v) is 7.89. The quantitative estimate of drug-likeness (QED) is 0.683. The smallest absolute Gasteiger partial charge is 0.354 e. The summed E-state index contributed by atoms with van der Waals surface area (Å²) in [6.45, 7) is 0. The second kappa shape index (κ2) is 7.23. The number of hydrogen-bond acceptors (Lipinski definition) is 4. The minimum absolute atomic E-state index is 0.0515. The number of hydrogen-bond donors (Lipinski definition) is 2. The summed E-state index contributed by atoms with van der Waals surface area (Å²) in [6.07, 6.45) is 1.71. The molecule has 0 saturated heterocycles. The van der Waals surface area contributed by atoms with E-state index < -0.39 is 11.8 Å². The van der Waals surface area contributed by atoms with Crippen molar-refractivity contribution < 1.29 is 19.0 Å². The summed E-state index contributed by atoms with van der Waals surface area (Å²) in [5.74, 6) is -1.09. The van der Waals surface area contributed by atoms with E-state index in [1.807, 2.05) is 0 Å². The summed E-state index contributed by atoms with van der Waals surface area (Å²) in [6, 6.07) is 13.3. The van der Waals surface area contributed by atoms with Crippen LogP contribution in [0.2, 0.25) is 0 Å². The molecule has 2 aromatic carbocycles. The zero-order valence-corrected chi connectivity index (χ0v) is 14.1. The van der Waals surface area contributed by atoms with Gasteiger partial charge in [0.15, 0.2) is 0 Å². The fourth-order valence-corrected chi connectivity index (χ4v) is 2.75. The highest BCUT2D eigenvalue weighted by atomic mass is 19.1. The molecule has 0 amide bonds. The van der Waals surface area contributed by atoms with Crippen LogP contribution in [-0.2, 0) is 6.42 Å². The van der Waals surface area contributed by atoms with Gasteiger partial charge in [-0.15, -0.1) is 0 Å². The topological polar surface area (TPSA) is 85.4 Å². The number of carbonyl (C=O) groups is 1. The van der Waals surface area contributed by atoms with Gasteiger partial charge in [-0.1, -0.05) is 24.3 Å². The van der Waals surface area contributed by atoms with Crippen LogP contribution in [-0.4, -0.2) is 23.2 Å². The van der Waals surface area contributed by atoms with Crippen molar-refractivity contribution in [3.05, 3.63) is 77.4 Å². The first-order valence-electron chi connectivity index (χ1n) is 7.89. The van der Waals surface area contributed by atoms with E-state index in [0.717, 1.165) is 0 Å². The van der Waals surface area contributed by atoms with E-state index in [-0.39, 0.29) is 12.1 Å². The van der Waals surface area contributed by atoms with Crippen LogP contribution in [0.4, 0.5) is 10.1 Å². The molecule has 3 rings (SSSR count). The minimum Gasteiger partial charge on any atom is -0.496 e. The molecule has 26 heavy (non-hydrogen) atoms. The van der Waals surface area contributed by atoms with Crippen LogP contribution in [0.5, 0.6) is 5.75 Å². The number of methoxy groups -OCH3 is 1. The van der Waals surface area contributed by atoms with Crippen molar-refractivity contribution in [2.24, 2.45) is 0 Å². The highest BCUT2D eigenvalue weighted by Crippen LogP contribution is 2.35. The highest BCUT2D eigenvalue weighted by Gasteiger charge is 2.17. The number of nitrogens with two attached hydrogens (primary N) is 1. The highest BCUT2D eigenvalue weighted by molar-refractivity contribution is 5.85. The molecule has 0 fully saturated rings. The van der Waals surface area contributed by atoms with E-state index in [4.69, 9.17) is 15.6 Å². The number of ether oxygens (including phenoxy) is 1. The third-order valence-electron chi connectivity index (χ3n) is 4.02. The second-order valence-electron chi connectivity index (χ2n) is 5.78. The van der Waals surface area contributed by atoms with Crippen molar-refractivity contribution >= 4 is 11.7 Å². The summed E-state index contributed by atoms with van der Waals surface area (Å²) in [5.41, 5.74) is 8.42. The van der Waals surface area contributed by atoms with Gasteiger partial charge in [-0.3, -0.25) is 0 Å². The van der Waals surface area contributed by atoms with Gasteiger partial charge in [-0.2, -0.15) is 0 Å². The molecule has 0 bridgehead atoms. The number of carboxylic acids is 1. The monoisotopic (exact) mass is 352 g/mol. The zero-order valence-electron chi connectivity index (χ0n) is 14.1. The van der Waals surface area contributed by atoms with E-state index >= 15 is 4.39 Å². The Hall–Kier alpha value is -3.41. The van der Waals surface area contributed by atoms with E-state index in [0.29, 0.717) is 33.7 Å². The Labute approximate surface area is 149 Å². The van der Waals surface area contributed by atoms with Gasteiger partial charge in [0, 0.05) is 18.3 Å². The Morgan fingerprint density at radius 2 is 2.04 bits per heavy atom. The molecule has 1 heterocycles. The zero-order chi connectivity index (χ0) is 18.7. The fourth-order valence-electron chi connectivity index (χ4n) is 2.75. The minimum atomic E-state index is -1.10. The lowest BCUT2D eigenvalue weighted by atomic mass is 9.97. The van der Waals surface area contributed by atoms with Gasteiger partial charge >= 0.3 is 5.97 Å². The van der Waals surface area contributed by atoms with Crippen LogP contribution in [0.25, 0.3) is 11.1 Å². The molecule has 0 saturated carbocycles. The summed E-state index contributed by atoms with van der Waals surface area (Å²) in [5, 5.41) is 8.91. The Bertz CT molecular complexity index is 956. The lowest BCUT2D eigenvalue weighted by Crippen LogP contribution is -2.02. The molecular formula is C20H17FN2O3. The molecule has 0 unspecified atom stereocenters. The van der Waals surface area contributed by atoms with Gasteiger partial charge in [-0.05, 0) is 41.0 Å². The average molecular weight is 352 g/mol. The Kier molecular flexibility index (Phi) is 4.84. The summed E-state index contributed by atoms with van der Waals surface area (Å²) >= 11 is 0. The van der Waals surface area contributed by atoms with Crippen molar-refractivity contribution in [2.75, 3.05) is 12.8 Å². The number of aromatic nitrogens is 1. The van der Waals surface area contributed by atoms with Gasteiger partial charge in [-0.25, -0.2) is 14.2 Å². The lowest BCUT2D eigenvalue weighted by Gasteiger charge is -2.14. The SMILES string of the molecule is COc1ccc(Cc2ccc(C(=O)O)nc2)c(F)c1-c1cccc(N)c1. The number of nitrogens with zero attached hydrogens (tertiary/aromatic N) is 1. The number of halogens is 1. The molecule has 5 nitrogen and oxygen atoms in total. The molecule has 6 heteroatoms. The number of carboxylic acid groups (broad SMARTS) is 1. The van der Waals surface area contributed by atoms with Crippen LogP contribution in [0.3, 0.4) is 0 Å². The maximum Gasteiger partial charge on any atom is 0.354 e. The Morgan fingerprint density at radius 1 is 1.23 bits per heavy atom. The third kappa shape index (κ3) is 3.49. The maximum absolute atomic E-state index is 15.2. The summed E-state index contributed by atoms with van der Waals surface area (Å²) in [4.78, 5) is 14.7. The van der Waals surface area contributed by atoms with E-state index in [2.05, 4.69) is 4.98 Å². The van der Waals surface area contributed by atoms with Crippen molar-refractivity contribution in [3.8, 4) is 16.9 Å². The first kappa shape index (κ1) is 17.4. The molecular weight excluding hydrogens is 335 g/mol. The van der Waals surface area contributed by atoms with Gasteiger partial charge in [0.1, 0.15) is 17.3 Å². The number of pyridine rings is 1. The Morgan fingerprint density at radius 3 is 2.65 bits per heavy atom. The van der Waals surface area contributed by atoms with Crippen LogP contribution in [0.1, 0.15) is 21.6 Å².